The lowest BCUT2D eigenvalue weighted by atomic mass is 9.95. The number of benzene rings is 1. The maximum Gasteiger partial charge on any atom is 0.255 e. The van der Waals surface area contributed by atoms with Gasteiger partial charge in [0.15, 0.2) is 0 Å². The highest BCUT2D eigenvalue weighted by molar-refractivity contribution is 9.10. The summed E-state index contributed by atoms with van der Waals surface area (Å²) in [6.45, 7) is -0.267. The van der Waals surface area contributed by atoms with E-state index in [0.717, 1.165) is 42.1 Å². The van der Waals surface area contributed by atoms with Crippen LogP contribution in [0.2, 0.25) is 0 Å². The van der Waals surface area contributed by atoms with Crippen molar-refractivity contribution < 1.29 is 13.2 Å². The van der Waals surface area contributed by atoms with Crippen LogP contribution < -0.4 is 5.43 Å². The second-order valence-electron chi connectivity index (χ2n) is 6.87. The molecule has 0 saturated heterocycles. The van der Waals surface area contributed by atoms with Gasteiger partial charge in [0.25, 0.3) is 5.91 Å². The maximum absolute atomic E-state index is 13.3. The topological polar surface area (TPSA) is 91.7 Å². The summed E-state index contributed by atoms with van der Waals surface area (Å²) in [6.07, 6.45) is 9.25. The molecule has 1 aliphatic carbocycles. The number of hydrogen-bond donors (Lipinski definition) is 1. The van der Waals surface area contributed by atoms with E-state index in [1.54, 1.807) is 48.8 Å². The Hall–Kier alpha value is -2.10. The minimum Gasteiger partial charge on any atom is -0.272 e. The first-order valence-electron chi connectivity index (χ1n) is 9.46. The fraction of sp³-hybridized carbons (Fsp3) is 0.350. The summed E-state index contributed by atoms with van der Waals surface area (Å²) < 4.78 is 28.6. The molecule has 154 valence electrons. The SMILES string of the molecule is O=C(CN(C1CCCCC1)S(=O)(=O)c1ccc(Br)cc1)N/N=C/c1ccncc1. The molecule has 0 atom stereocenters. The van der Waals surface area contributed by atoms with Crippen LogP contribution >= 0.6 is 15.9 Å². The zero-order valence-electron chi connectivity index (χ0n) is 15.9. The minimum absolute atomic E-state index is 0.180. The van der Waals surface area contributed by atoms with Crippen molar-refractivity contribution in [1.29, 1.82) is 0 Å². The first-order chi connectivity index (χ1) is 14.0. The Bertz CT molecular complexity index is 943. The predicted octanol–water partition coefficient (Wildman–Crippen LogP) is 3.32. The third-order valence-corrected chi connectivity index (χ3v) is 7.25. The molecule has 1 aromatic carbocycles. The third-order valence-electron chi connectivity index (χ3n) is 4.81. The molecule has 1 saturated carbocycles. The van der Waals surface area contributed by atoms with Crippen LogP contribution in [0, 0.1) is 0 Å². The van der Waals surface area contributed by atoms with Crippen LogP contribution in [-0.4, -0.2) is 42.4 Å². The number of sulfonamides is 1. The molecule has 1 N–H and O–H groups in total. The largest absolute Gasteiger partial charge is 0.272 e. The van der Waals surface area contributed by atoms with Gasteiger partial charge in [-0.3, -0.25) is 9.78 Å². The van der Waals surface area contributed by atoms with Crippen LogP contribution in [0.5, 0.6) is 0 Å². The number of aromatic nitrogens is 1. The first-order valence-corrected chi connectivity index (χ1v) is 11.7. The molecule has 7 nitrogen and oxygen atoms in total. The van der Waals surface area contributed by atoms with Crippen molar-refractivity contribution in [2.75, 3.05) is 6.54 Å². The Labute approximate surface area is 179 Å². The van der Waals surface area contributed by atoms with Crippen molar-refractivity contribution in [3.63, 3.8) is 0 Å². The molecule has 1 fully saturated rings. The molecule has 0 aliphatic heterocycles. The number of pyridine rings is 1. The number of hydrogen-bond acceptors (Lipinski definition) is 5. The number of rotatable bonds is 7. The standard InChI is InChI=1S/C20H23BrN4O3S/c21-17-6-8-19(9-7-17)29(27,28)25(18-4-2-1-3-5-18)15-20(26)24-23-14-16-10-12-22-13-11-16/h6-14,18H,1-5,15H2,(H,24,26)/b23-14+. The monoisotopic (exact) mass is 478 g/mol. The summed E-state index contributed by atoms with van der Waals surface area (Å²) >= 11 is 3.32. The number of halogens is 1. The van der Waals surface area contributed by atoms with Crippen molar-refractivity contribution in [3.05, 3.63) is 58.8 Å². The first kappa shape index (κ1) is 21.6. The van der Waals surface area contributed by atoms with E-state index in [1.807, 2.05) is 0 Å². The molecule has 0 bridgehead atoms. The van der Waals surface area contributed by atoms with Gasteiger partial charge in [0.05, 0.1) is 17.7 Å². The van der Waals surface area contributed by atoms with Gasteiger partial charge in [0.2, 0.25) is 10.0 Å². The molecule has 9 heteroatoms. The van der Waals surface area contributed by atoms with Gasteiger partial charge in [0.1, 0.15) is 0 Å². The van der Waals surface area contributed by atoms with Crippen molar-refractivity contribution >= 4 is 38.1 Å². The third kappa shape index (κ3) is 5.94. The zero-order chi connectivity index (χ0) is 20.7. The van der Waals surface area contributed by atoms with E-state index in [2.05, 4.69) is 31.4 Å². The highest BCUT2D eigenvalue weighted by Crippen LogP contribution is 2.28. The molecule has 29 heavy (non-hydrogen) atoms. The van der Waals surface area contributed by atoms with Gasteiger partial charge < -0.3 is 0 Å². The lowest BCUT2D eigenvalue weighted by molar-refractivity contribution is -0.121. The van der Waals surface area contributed by atoms with E-state index in [-0.39, 0.29) is 17.5 Å². The minimum atomic E-state index is -3.80. The summed E-state index contributed by atoms with van der Waals surface area (Å²) in [4.78, 5) is 16.6. The molecular weight excluding hydrogens is 456 g/mol. The van der Waals surface area contributed by atoms with Crippen molar-refractivity contribution in [3.8, 4) is 0 Å². The lowest BCUT2D eigenvalue weighted by Crippen LogP contribution is -2.46. The molecule has 3 rings (SSSR count). The number of carbonyl (C=O) groups is 1. The summed E-state index contributed by atoms with van der Waals surface area (Å²) in [5.74, 6) is -0.471. The van der Waals surface area contributed by atoms with Crippen molar-refractivity contribution in [2.45, 2.75) is 43.0 Å². The Kier molecular flexibility index (Phi) is 7.51. The van der Waals surface area contributed by atoms with Crippen molar-refractivity contribution in [2.24, 2.45) is 5.10 Å². The molecule has 1 amide bonds. The summed E-state index contributed by atoms with van der Waals surface area (Å²) in [7, 11) is -3.80. The van der Waals surface area contributed by atoms with E-state index in [9.17, 15) is 13.2 Å². The average molecular weight is 479 g/mol. The Balaban J connectivity index is 1.75. The normalized spacial score (nSPS) is 15.7. The van der Waals surface area contributed by atoms with Crippen LogP contribution in [0.3, 0.4) is 0 Å². The van der Waals surface area contributed by atoms with Gasteiger partial charge in [-0.05, 0) is 54.8 Å². The Morgan fingerprint density at radius 2 is 1.79 bits per heavy atom. The number of carbonyl (C=O) groups excluding carboxylic acids is 1. The van der Waals surface area contributed by atoms with E-state index in [0.29, 0.717) is 0 Å². The number of hydrazone groups is 1. The van der Waals surface area contributed by atoms with Crippen LogP contribution in [0.25, 0.3) is 0 Å². The highest BCUT2D eigenvalue weighted by Gasteiger charge is 2.33. The molecular formula is C20H23BrN4O3S. The molecule has 1 aromatic heterocycles. The molecule has 1 heterocycles. The van der Waals surface area contributed by atoms with Gasteiger partial charge in [-0.1, -0.05) is 35.2 Å². The molecule has 1 aliphatic rings. The van der Waals surface area contributed by atoms with Gasteiger partial charge in [-0.25, -0.2) is 13.8 Å². The second kappa shape index (κ2) is 10.1. The summed E-state index contributed by atoms with van der Waals surface area (Å²) in [5, 5.41) is 3.93. The van der Waals surface area contributed by atoms with Gasteiger partial charge >= 0.3 is 0 Å². The van der Waals surface area contributed by atoms with E-state index >= 15 is 0 Å². The number of nitrogens with zero attached hydrogens (tertiary/aromatic N) is 3. The molecule has 0 spiro atoms. The second-order valence-corrected chi connectivity index (χ2v) is 9.68. The van der Waals surface area contributed by atoms with Crippen molar-refractivity contribution in [1.82, 2.24) is 14.7 Å². The molecule has 0 radical (unpaired) electrons. The fourth-order valence-electron chi connectivity index (χ4n) is 3.33. The number of amides is 1. The van der Waals surface area contributed by atoms with Gasteiger partial charge in [-0.2, -0.15) is 9.41 Å². The van der Waals surface area contributed by atoms with Gasteiger partial charge in [0, 0.05) is 22.9 Å². The van der Waals surface area contributed by atoms with Gasteiger partial charge in [-0.15, -0.1) is 0 Å². The Morgan fingerprint density at radius 1 is 1.14 bits per heavy atom. The fourth-order valence-corrected chi connectivity index (χ4v) is 5.23. The van der Waals surface area contributed by atoms with E-state index in [1.165, 1.54) is 10.5 Å². The van der Waals surface area contributed by atoms with Crippen LogP contribution in [-0.2, 0) is 14.8 Å². The summed E-state index contributed by atoms with van der Waals surface area (Å²) in [6, 6.07) is 9.79. The van der Waals surface area contributed by atoms with Crippen LogP contribution in [0.4, 0.5) is 0 Å². The molecule has 0 unspecified atom stereocenters. The summed E-state index contributed by atoms with van der Waals surface area (Å²) in [5.41, 5.74) is 3.21. The van der Waals surface area contributed by atoms with Crippen LogP contribution in [0.1, 0.15) is 37.7 Å². The van der Waals surface area contributed by atoms with E-state index < -0.39 is 15.9 Å². The average Bonchev–Trinajstić information content (AvgIpc) is 2.73. The highest BCUT2D eigenvalue weighted by atomic mass is 79.9. The number of nitrogens with one attached hydrogen (secondary N) is 1. The predicted molar refractivity (Wildman–Crippen MR) is 115 cm³/mol. The Morgan fingerprint density at radius 3 is 2.45 bits per heavy atom. The maximum atomic E-state index is 13.3. The quantitative estimate of drug-likeness (QED) is 0.487. The zero-order valence-corrected chi connectivity index (χ0v) is 18.3. The van der Waals surface area contributed by atoms with Crippen LogP contribution in [0.15, 0.2) is 63.3 Å². The molecule has 2 aromatic rings. The lowest BCUT2D eigenvalue weighted by Gasteiger charge is -2.32. The smallest absolute Gasteiger partial charge is 0.255 e. The van der Waals surface area contributed by atoms with E-state index in [4.69, 9.17) is 0 Å².